The number of amides is 1. The first kappa shape index (κ1) is 26.9. The van der Waals surface area contributed by atoms with Gasteiger partial charge >= 0.3 is 0 Å². The first-order valence-corrected chi connectivity index (χ1v) is 11.9. The van der Waals surface area contributed by atoms with Crippen molar-refractivity contribution in [3.63, 3.8) is 0 Å². The van der Waals surface area contributed by atoms with E-state index in [0.29, 0.717) is 6.04 Å². The van der Waals surface area contributed by atoms with E-state index < -0.39 is 0 Å². The largest absolute Gasteiger partial charge is 0.369 e. The molecular weight excluding hydrogens is 515 g/mol. The van der Waals surface area contributed by atoms with Crippen molar-refractivity contribution in [1.29, 1.82) is 0 Å². The quantitative estimate of drug-likeness (QED) is 0.188. The second kappa shape index (κ2) is 14.7. The van der Waals surface area contributed by atoms with E-state index in [-0.39, 0.29) is 35.8 Å². The number of hydrogen-bond donors (Lipinski definition) is 3. The molecule has 0 unspecified atom stereocenters. The fourth-order valence-corrected chi connectivity index (χ4v) is 4.57. The smallest absolute Gasteiger partial charge is 0.220 e. The van der Waals surface area contributed by atoms with E-state index in [1.165, 1.54) is 5.56 Å². The third kappa shape index (κ3) is 9.23. The molecule has 2 saturated heterocycles. The molecule has 0 saturated carbocycles. The molecule has 0 radical (unpaired) electrons. The number of piperidine rings is 2. The number of hydrogen-bond acceptors (Lipinski definition) is 4. The molecule has 0 spiro atoms. The molecule has 0 aromatic heterocycles. The van der Waals surface area contributed by atoms with Crippen molar-refractivity contribution in [3.05, 3.63) is 35.9 Å². The lowest BCUT2D eigenvalue weighted by Gasteiger charge is -2.33. The lowest BCUT2D eigenvalue weighted by atomic mass is 9.96. The molecule has 8 heteroatoms. The van der Waals surface area contributed by atoms with Gasteiger partial charge in [0.15, 0.2) is 5.96 Å². The van der Waals surface area contributed by atoms with Crippen LogP contribution in [0.25, 0.3) is 0 Å². The van der Waals surface area contributed by atoms with Crippen molar-refractivity contribution in [2.45, 2.75) is 51.1 Å². The lowest BCUT2D eigenvalue weighted by Crippen LogP contribution is -2.48. The fourth-order valence-electron chi connectivity index (χ4n) is 4.57. The Morgan fingerprint density at radius 1 is 1.03 bits per heavy atom. The van der Waals surface area contributed by atoms with E-state index in [9.17, 15) is 4.79 Å². The predicted octanol–water partition coefficient (Wildman–Crippen LogP) is 2.41. The number of nitrogens with two attached hydrogens (primary N) is 1. The molecule has 2 heterocycles. The van der Waals surface area contributed by atoms with Crippen LogP contribution < -0.4 is 16.4 Å². The van der Waals surface area contributed by atoms with Gasteiger partial charge in [0.1, 0.15) is 0 Å². The van der Waals surface area contributed by atoms with Gasteiger partial charge in [-0.15, -0.1) is 24.0 Å². The second-order valence-electron chi connectivity index (χ2n) is 8.90. The molecule has 1 aromatic rings. The third-order valence-electron chi connectivity index (χ3n) is 6.58. The molecule has 2 fully saturated rings. The molecule has 0 atom stereocenters. The van der Waals surface area contributed by atoms with E-state index in [0.717, 1.165) is 90.3 Å². The Morgan fingerprint density at radius 2 is 1.69 bits per heavy atom. The van der Waals surface area contributed by atoms with Crippen molar-refractivity contribution in [2.75, 3.05) is 46.3 Å². The fraction of sp³-hybridized carbons (Fsp3) is 0.667. The number of primary amides is 1. The highest BCUT2D eigenvalue weighted by Gasteiger charge is 2.22. The Bertz CT molecular complexity index is 685. The third-order valence-corrected chi connectivity index (χ3v) is 6.58. The number of nitrogens with zero attached hydrogens (tertiary/aromatic N) is 3. The minimum atomic E-state index is -0.135. The summed E-state index contributed by atoms with van der Waals surface area (Å²) in [5.41, 5.74) is 6.81. The monoisotopic (exact) mass is 556 g/mol. The zero-order chi connectivity index (χ0) is 21.9. The molecule has 0 aliphatic carbocycles. The first-order chi connectivity index (χ1) is 15.1. The standard InChI is InChI=1S/C24H40N6O.HI/c1-26-24(27-13-5-6-14-29-15-9-21(10-16-29)23(25)31)28-22-11-17-30(18-12-22)19-20-7-3-2-4-8-20;/h2-4,7-8,21-22H,5-6,9-19H2,1H3,(H2,25,31)(H2,26,27,28);1H. The Kier molecular flexibility index (Phi) is 12.3. The number of likely N-dealkylation sites (tertiary alicyclic amines) is 2. The number of aliphatic imine (C=N–C) groups is 1. The summed E-state index contributed by atoms with van der Waals surface area (Å²) in [7, 11) is 1.85. The molecule has 2 aliphatic heterocycles. The van der Waals surface area contributed by atoms with Crippen LogP contribution in [0.5, 0.6) is 0 Å². The van der Waals surface area contributed by atoms with Crippen LogP contribution in [0.1, 0.15) is 44.1 Å². The van der Waals surface area contributed by atoms with Gasteiger partial charge < -0.3 is 21.3 Å². The van der Waals surface area contributed by atoms with E-state index in [4.69, 9.17) is 5.73 Å². The highest BCUT2D eigenvalue weighted by Crippen LogP contribution is 2.17. The van der Waals surface area contributed by atoms with Crippen molar-refractivity contribution in [1.82, 2.24) is 20.4 Å². The Balaban J connectivity index is 0.00000363. The number of guanidine groups is 1. The van der Waals surface area contributed by atoms with Gasteiger partial charge in [-0.2, -0.15) is 0 Å². The molecule has 0 bridgehead atoms. The average Bonchev–Trinajstić information content (AvgIpc) is 2.80. The lowest BCUT2D eigenvalue weighted by molar-refractivity contribution is -0.123. The van der Waals surface area contributed by atoms with E-state index in [1.807, 2.05) is 7.05 Å². The summed E-state index contributed by atoms with van der Waals surface area (Å²) in [6.45, 7) is 7.30. The number of unbranched alkanes of at least 4 members (excludes halogenated alkanes) is 1. The van der Waals surface area contributed by atoms with Crippen LogP contribution in [0.2, 0.25) is 0 Å². The molecule has 4 N–H and O–H groups in total. The average molecular weight is 557 g/mol. The van der Waals surface area contributed by atoms with Gasteiger partial charge in [0.25, 0.3) is 0 Å². The predicted molar refractivity (Wildman–Crippen MR) is 142 cm³/mol. The number of nitrogens with one attached hydrogen (secondary N) is 2. The second-order valence-corrected chi connectivity index (χ2v) is 8.90. The highest BCUT2D eigenvalue weighted by molar-refractivity contribution is 14.0. The summed E-state index contributed by atoms with van der Waals surface area (Å²) in [5, 5.41) is 7.08. The van der Waals surface area contributed by atoms with Gasteiger partial charge in [-0.05, 0) is 63.7 Å². The zero-order valence-electron chi connectivity index (χ0n) is 19.5. The van der Waals surface area contributed by atoms with E-state index >= 15 is 0 Å². The number of carbonyl (C=O) groups excluding carboxylic acids is 1. The number of rotatable bonds is 9. The Morgan fingerprint density at radius 3 is 2.31 bits per heavy atom. The molecule has 2 aliphatic rings. The highest BCUT2D eigenvalue weighted by atomic mass is 127. The van der Waals surface area contributed by atoms with Gasteiger partial charge in [0.2, 0.25) is 5.91 Å². The minimum Gasteiger partial charge on any atom is -0.369 e. The Labute approximate surface area is 210 Å². The maximum atomic E-state index is 11.3. The Hall–Kier alpha value is -1.39. The van der Waals surface area contributed by atoms with Crippen LogP contribution in [0.15, 0.2) is 35.3 Å². The van der Waals surface area contributed by atoms with Crippen LogP contribution >= 0.6 is 24.0 Å². The zero-order valence-corrected chi connectivity index (χ0v) is 21.8. The van der Waals surface area contributed by atoms with E-state index in [1.54, 1.807) is 0 Å². The van der Waals surface area contributed by atoms with Crippen molar-refractivity contribution in [2.24, 2.45) is 16.6 Å². The summed E-state index contributed by atoms with van der Waals surface area (Å²) in [6, 6.07) is 11.2. The van der Waals surface area contributed by atoms with Gasteiger partial charge in [0.05, 0.1) is 0 Å². The van der Waals surface area contributed by atoms with E-state index in [2.05, 4.69) is 55.8 Å². The first-order valence-electron chi connectivity index (χ1n) is 11.9. The summed E-state index contributed by atoms with van der Waals surface area (Å²) in [5.74, 6) is 0.867. The molecule has 7 nitrogen and oxygen atoms in total. The van der Waals surface area contributed by atoms with Crippen molar-refractivity contribution >= 4 is 35.8 Å². The molecule has 1 amide bonds. The van der Waals surface area contributed by atoms with Gasteiger partial charge in [-0.3, -0.25) is 14.7 Å². The van der Waals surface area contributed by atoms with Crippen LogP contribution in [0.3, 0.4) is 0 Å². The van der Waals surface area contributed by atoms with Crippen molar-refractivity contribution < 1.29 is 4.79 Å². The number of benzene rings is 1. The summed E-state index contributed by atoms with van der Waals surface area (Å²) in [4.78, 5) is 20.7. The molecule has 1 aromatic carbocycles. The minimum absolute atomic E-state index is 0. The van der Waals surface area contributed by atoms with Crippen LogP contribution in [-0.4, -0.2) is 74.0 Å². The SMILES string of the molecule is CN=C(NCCCCN1CCC(C(N)=O)CC1)NC1CCN(Cc2ccccc2)CC1.I. The van der Waals surface area contributed by atoms with Crippen molar-refractivity contribution in [3.8, 4) is 0 Å². The van der Waals surface area contributed by atoms with Crippen LogP contribution in [0.4, 0.5) is 0 Å². The normalized spacial score (nSPS) is 19.3. The van der Waals surface area contributed by atoms with Gasteiger partial charge in [-0.25, -0.2) is 0 Å². The summed E-state index contributed by atoms with van der Waals surface area (Å²) in [6.07, 6.45) is 6.39. The maximum Gasteiger partial charge on any atom is 0.220 e. The molecular formula is C24H41IN6O. The molecule has 3 rings (SSSR count). The van der Waals surface area contributed by atoms with Gasteiger partial charge in [0, 0.05) is 45.2 Å². The maximum absolute atomic E-state index is 11.3. The summed E-state index contributed by atoms with van der Waals surface area (Å²) < 4.78 is 0. The molecule has 180 valence electrons. The number of halogens is 1. The summed E-state index contributed by atoms with van der Waals surface area (Å²) >= 11 is 0. The number of carbonyl (C=O) groups is 1. The molecule has 32 heavy (non-hydrogen) atoms. The van der Waals surface area contributed by atoms with Crippen LogP contribution in [0, 0.1) is 5.92 Å². The van der Waals surface area contributed by atoms with Crippen LogP contribution in [-0.2, 0) is 11.3 Å². The van der Waals surface area contributed by atoms with Gasteiger partial charge in [-0.1, -0.05) is 30.3 Å². The topological polar surface area (TPSA) is 86.0 Å².